The number of aromatic nitrogens is 4. The van der Waals surface area contributed by atoms with Crippen LogP contribution in [0, 0.1) is 5.92 Å². The lowest BCUT2D eigenvalue weighted by atomic mass is 10.1. The standard InChI is InChI=1S/C27H36N6O2/c1-8-22(25(35-7)15-19(6)26(34)32(9-2)10-3)30-27-29-14-12-23(31-27)21-17-33(18(4)5)24-16-28-13-11-20(21)24/h11-19H,8-10H2,1-7H3/b25-15+,30-22?. The predicted octanol–water partition coefficient (Wildman–Crippen LogP) is 5.59. The first-order chi connectivity index (χ1) is 16.8. The van der Waals surface area contributed by atoms with Crippen LogP contribution in [0.25, 0.3) is 22.2 Å². The minimum atomic E-state index is -0.329. The molecule has 0 fully saturated rings. The molecule has 186 valence electrons. The van der Waals surface area contributed by atoms with E-state index >= 15 is 0 Å². The topological polar surface area (TPSA) is 85.5 Å². The molecule has 3 rings (SSSR count). The molecular formula is C27H36N6O2. The highest BCUT2D eigenvalue weighted by Gasteiger charge is 2.19. The Labute approximate surface area is 207 Å². The van der Waals surface area contributed by atoms with Crippen molar-refractivity contribution in [2.45, 2.75) is 54.0 Å². The summed E-state index contributed by atoms with van der Waals surface area (Å²) in [6.45, 7) is 13.5. The van der Waals surface area contributed by atoms with E-state index in [0.29, 0.717) is 36.9 Å². The molecule has 0 N–H and O–H groups in total. The van der Waals surface area contributed by atoms with Gasteiger partial charge in [-0.25, -0.2) is 15.0 Å². The number of amides is 1. The van der Waals surface area contributed by atoms with Gasteiger partial charge in [-0.3, -0.25) is 9.78 Å². The smallest absolute Gasteiger partial charge is 0.250 e. The Bertz CT molecular complexity index is 1220. The highest BCUT2D eigenvalue weighted by Crippen LogP contribution is 2.31. The molecule has 0 saturated heterocycles. The summed E-state index contributed by atoms with van der Waals surface area (Å²) in [4.78, 5) is 32.7. The van der Waals surface area contributed by atoms with Crippen LogP contribution in [-0.4, -0.2) is 56.2 Å². The van der Waals surface area contributed by atoms with Crippen LogP contribution < -0.4 is 0 Å². The summed E-state index contributed by atoms with van der Waals surface area (Å²) in [7, 11) is 1.59. The zero-order valence-electron chi connectivity index (χ0n) is 21.8. The predicted molar refractivity (Wildman–Crippen MR) is 141 cm³/mol. The van der Waals surface area contributed by atoms with E-state index in [4.69, 9.17) is 14.7 Å². The van der Waals surface area contributed by atoms with Gasteiger partial charge in [-0.05, 0) is 59.2 Å². The Morgan fingerprint density at radius 1 is 1.17 bits per heavy atom. The summed E-state index contributed by atoms with van der Waals surface area (Å²) in [5.74, 6) is 0.653. The zero-order chi connectivity index (χ0) is 25.5. The van der Waals surface area contributed by atoms with E-state index in [1.54, 1.807) is 19.5 Å². The van der Waals surface area contributed by atoms with E-state index in [0.717, 1.165) is 22.2 Å². The summed E-state index contributed by atoms with van der Waals surface area (Å²) < 4.78 is 7.83. The van der Waals surface area contributed by atoms with Gasteiger partial charge in [0.1, 0.15) is 5.76 Å². The zero-order valence-corrected chi connectivity index (χ0v) is 21.8. The second-order valence-corrected chi connectivity index (χ2v) is 8.62. The molecule has 3 aromatic rings. The molecule has 0 bridgehead atoms. The number of carbonyl (C=O) groups is 1. The first kappa shape index (κ1) is 26.1. The molecule has 0 aromatic carbocycles. The molecule has 8 heteroatoms. The van der Waals surface area contributed by atoms with Gasteiger partial charge < -0.3 is 14.2 Å². The molecule has 0 spiro atoms. The summed E-state index contributed by atoms with van der Waals surface area (Å²) in [5.41, 5.74) is 3.55. The van der Waals surface area contributed by atoms with Crippen LogP contribution in [0.5, 0.6) is 0 Å². The molecule has 3 aromatic heterocycles. The molecular weight excluding hydrogens is 440 g/mol. The molecule has 1 amide bonds. The van der Waals surface area contributed by atoms with E-state index < -0.39 is 0 Å². The van der Waals surface area contributed by atoms with Gasteiger partial charge >= 0.3 is 0 Å². The summed E-state index contributed by atoms with van der Waals surface area (Å²) in [6, 6.07) is 4.19. The first-order valence-electron chi connectivity index (χ1n) is 12.2. The van der Waals surface area contributed by atoms with Crippen LogP contribution in [0.3, 0.4) is 0 Å². The highest BCUT2D eigenvalue weighted by atomic mass is 16.5. The Hall–Kier alpha value is -3.55. The van der Waals surface area contributed by atoms with Crippen molar-refractivity contribution in [1.29, 1.82) is 0 Å². The van der Waals surface area contributed by atoms with Crippen LogP contribution in [0.4, 0.5) is 5.95 Å². The molecule has 35 heavy (non-hydrogen) atoms. The van der Waals surface area contributed by atoms with Crippen molar-refractivity contribution in [3.63, 3.8) is 0 Å². The summed E-state index contributed by atoms with van der Waals surface area (Å²) >= 11 is 0. The third kappa shape index (κ3) is 5.75. The fourth-order valence-corrected chi connectivity index (χ4v) is 4.11. The third-order valence-electron chi connectivity index (χ3n) is 6.05. The van der Waals surface area contributed by atoms with Gasteiger partial charge in [-0.2, -0.15) is 0 Å². The summed E-state index contributed by atoms with van der Waals surface area (Å²) in [5, 5.41) is 1.08. The van der Waals surface area contributed by atoms with Crippen molar-refractivity contribution in [1.82, 2.24) is 24.4 Å². The highest BCUT2D eigenvalue weighted by molar-refractivity contribution is 6.00. The average Bonchev–Trinajstić information content (AvgIpc) is 3.27. The van der Waals surface area contributed by atoms with Crippen LogP contribution >= 0.6 is 0 Å². The number of allylic oxidation sites excluding steroid dienone is 1. The SMILES string of the molecule is CCC(=Nc1nccc(-c2cn(C(C)C)c3cnccc23)n1)/C(=C\C(C)C(=O)N(CC)CC)OC. The number of hydrogen-bond donors (Lipinski definition) is 0. The normalized spacial score (nSPS) is 13.4. The first-order valence-corrected chi connectivity index (χ1v) is 12.2. The molecule has 8 nitrogen and oxygen atoms in total. The molecule has 0 saturated carbocycles. The second kappa shape index (κ2) is 11.7. The van der Waals surface area contributed by atoms with Crippen molar-refractivity contribution in [2.24, 2.45) is 10.9 Å². The van der Waals surface area contributed by atoms with E-state index in [1.807, 2.05) is 57.0 Å². The molecule has 1 unspecified atom stereocenters. The Morgan fingerprint density at radius 2 is 1.91 bits per heavy atom. The number of rotatable bonds is 10. The average molecular weight is 477 g/mol. The second-order valence-electron chi connectivity index (χ2n) is 8.62. The third-order valence-corrected chi connectivity index (χ3v) is 6.05. The lowest BCUT2D eigenvalue weighted by Gasteiger charge is -2.21. The monoisotopic (exact) mass is 476 g/mol. The Balaban J connectivity index is 1.99. The van der Waals surface area contributed by atoms with Crippen molar-refractivity contribution >= 4 is 28.5 Å². The van der Waals surface area contributed by atoms with Gasteiger partial charge in [0, 0.05) is 48.7 Å². The van der Waals surface area contributed by atoms with E-state index in [1.165, 1.54) is 0 Å². The minimum absolute atomic E-state index is 0.0642. The van der Waals surface area contributed by atoms with E-state index in [9.17, 15) is 4.79 Å². The maximum atomic E-state index is 12.7. The van der Waals surface area contributed by atoms with Crippen molar-refractivity contribution in [3.05, 3.63) is 48.8 Å². The lowest BCUT2D eigenvalue weighted by molar-refractivity contribution is -0.133. The number of nitrogens with zero attached hydrogens (tertiary/aromatic N) is 6. The number of ether oxygens (including phenoxy) is 1. The van der Waals surface area contributed by atoms with Crippen LogP contribution in [0.15, 0.2) is 53.7 Å². The number of methoxy groups -OCH3 is 1. The molecule has 0 radical (unpaired) electrons. The number of fused-ring (bicyclic) bond motifs is 1. The number of hydrogen-bond acceptors (Lipinski definition) is 6. The largest absolute Gasteiger partial charge is 0.495 e. The fourth-order valence-electron chi connectivity index (χ4n) is 4.11. The molecule has 0 aliphatic carbocycles. The van der Waals surface area contributed by atoms with Crippen molar-refractivity contribution in [3.8, 4) is 11.3 Å². The Morgan fingerprint density at radius 3 is 2.54 bits per heavy atom. The maximum absolute atomic E-state index is 12.7. The number of carbonyl (C=O) groups excluding carboxylic acids is 1. The molecule has 0 aliphatic rings. The van der Waals surface area contributed by atoms with Gasteiger partial charge in [0.25, 0.3) is 0 Å². The van der Waals surface area contributed by atoms with E-state index in [-0.39, 0.29) is 17.9 Å². The fraction of sp³-hybridized carbons (Fsp3) is 0.444. The van der Waals surface area contributed by atoms with Crippen molar-refractivity contribution < 1.29 is 9.53 Å². The maximum Gasteiger partial charge on any atom is 0.250 e. The van der Waals surface area contributed by atoms with Gasteiger partial charge in [0.05, 0.1) is 36.1 Å². The molecule has 1 atom stereocenters. The van der Waals surface area contributed by atoms with Crippen LogP contribution in [0.2, 0.25) is 0 Å². The van der Waals surface area contributed by atoms with Gasteiger partial charge in [-0.1, -0.05) is 6.92 Å². The van der Waals surface area contributed by atoms with Crippen molar-refractivity contribution in [2.75, 3.05) is 20.2 Å². The Kier molecular flexibility index (Phi) is 8.73. The number of aliphatic imine (C=N–C) groups is 1. The summed E-state index contributed by atoms with van der Waals surface area (Å²) in [6.07, 6.45) is 9.94. The lowest BCUT2D eigenvalue weighted by Crippen LogP contribution is -2.34. The minimum Gasteiger partial charge on any atom is -0.495 e. The van der Waals surface area contributed by atoms with Gasteiger partial charge in [0.15, 0.2) is 0 Å². The van der Waals surface area contributed by atoms with Gasteiger partial charge in [-0.15, -0.1) is 0 Å². The molecule has 3 heterocycles. The van der Waals surface area contributed by atoms with Gasteiger partial charge in [0.2, 0.25) is 11.9 Å². The quantitative estimate of drug-likeness (QED) is 0.281. The number of pyridine rings is 1. The van der Waals surface area contributed by atoms with Crippen LogP contribution in [0.1, 0.15) is 54.0 Å². The van der Waals surface area contributed by atoms with Crippen LogP contribution in [-0.2, 0) is 9.53 Å². The van der Waals surface area contributed by atoms with E-state index in [2.05, 4.69) is 34.6 Å². The molecule has 0 aliphatic heterocycles.